The fourth-order valence-corrected chi connectivity index (χ4v) is 3.15. The number of pyridine rings is 2. The number of hydrogen-bond donors (Lipinski definition) is 2. The Morgan fingerprint density at radius 1 is 1.08 bits per heavy atom. The number of nitrogen functional groups attached to an aromatic ring is 1. The van der Waals surface area contributed by atoms with E-state index < -0.39 is 40.8 Å². The third kappa shape index (κ3) is 4.64. The van der Waals surface area contributed by atoms with E-state index in [1.165, 1.54) is 24.4 Å². The molecular weight excluding hydrogens is 487 g/mol. The molecule has 182 valence electrons. The van der Waals surface area contributed by atoms with Crippen molar-refractivity contribution in [3.8, 4) is 29.7 Å². The first-order chi connectivity index (χ1) is 17.1. The molecule has 1 amide bonds. The van der Waals surface area contributed by atoms with Crippen LogP contribution in [-0.4, -0.2) is 25.7 Å². The SMILES string of the molecule is C#Cc1c(Oc2ccc(NC(=O)c3cnn(-c4ncccc4F)c3C(F)(F)F)cc2F)ccnc1N. The fraction of sp³-hybridized carbons (Fsp3) is 0.0435. The Kier molecular flexibility index (Phi) is 6.26. The van der Waals surface area contributed by atoms with Crippen LogP contribution in [0.2, 0.25) is 0 Å². The average Bonchev–Trinajstić information content (AvgIpc) is 3.27. The van der Waals surface area contributed by atoms with Crippen LogP contribution in [0.25, 0.3) is 5.82 Å². The van der Waals surface area contributed by atoms with Crippen LogP contribution in [0.3, 0.4) is 0 Å². The zero-order chi connectivity index (χ0) is 26.0. The Morgan fingerprint density at radius 2 is 1.86 bits per heavy atom. The van der Waals surface area contributed by atoms with Crippen LogP contribution in [-0.2, 0) is 6.18 Å². The Balaban J connectivity index is 1.62. The highest BCUT2D eigenvalue weighted by atomic mass is 19.4. The molecule has 3 N–H and O–H groups in total. The van der Waals surface area contributed by atoms with Crippen molar-refractivity contribution in [1.82, 2.24) is 19.7 Å². The predicted octanol–water partition coefficient (Wildman–Crippen LogP) is 4.57. The van der Waals surface area contributed by atoms with Crippen molar-refractivity contribution in [2.24, 2.45) is 0 Å². The van der Waals surface area contributed by atoms with E-state index in [0.29, 0.717) is 6.20 Å². The molecule has 0 atom stereocenters. The van der Waals surface area contributed by atoms with Gasteiger partial charge in [0.15, 0.2) is 28.9 Å². The summed E-state index contributed by atoms with van der Waals surface area (Å²) in [5, 5.41) is 5.64. The molecule has 0 fully saturated rings. The molecule has 13 heteroatoms. The number of alkyl halides is 3. The van der Waals surface area contributed by atoms with E-state index in [1.807, 2.05) is 0 Å². The molecule has 0 unspecified atom stereocenters. The quantitative estimate of drug-likeness (QED) is 0.307. The molecule has 3 aromatic heterocycles. The molecule has 4 aromatic rings. The number of amides is 1. The van der Waals surface area contributed by atoms with Crippen molar-refractivity contribution in [3.63, 3.8) is 0 Å². The molecule has 0 bridgehead atoms. The van der Waals surface area contributed by atoms with Crippen molar-refractivity contribution >= 4 is 17.4 Å². The smallest absolute Gasteiger partial charge is 0.434 e. The maximum absolute atomic E-state index is 14.6. The van der Waals surface area contributed by atoms with Crippen LogP contribution < -0.4 is 15.8 Å². The Labute approximate surface area is 199 Å². The molecule has 0 spiro atoms. The zero-order valence-corrected chi connectivity index (χ0v) is 17.8. The van der Waals surface area contributed by atoms with E-state index in [9.17, 15) is 26.7 Å². The third-order valence-corrected chi connectivity index (χ3v) is 4.72. The van der Waals surface area contributed by atoms with Gasteiger partial charge in [-0.1, -0.05) is 5.92 Å². The van der Waals surface area contributed by atoms with Gasteiger partial charge in [0, 0.05) is 30.2 Å². The minimum Gasteiger partial charge on any atom is -0.453 e. The standard InChI is InChI=1S/C23H13F5N6O2/c1-2-13-17(7-9-30-20(13)29)36-18-6-5-12(10-16(18)25)33-22(35)14-11-32-34(19(14)23(26,27)28)21-15(24)4-3-8-31-21/h1,3-11H,(H2,29,30)(H,33,35). The summed E-state index contributed by atoms with van der Waals surface area (Å²) < 4.78 is 75.6. The zero-order valence-electron chi connectivity index (χ0n) is 17.8. The topological polar surface area (TPSA) is 108 Å². The molecule has 36 heavy (non-hydrogen) atoms. The first kappa shape index (κ1) is 24.1. The summed E-state index contributed by atoms with van der Waals surface area (Å²) in [5.41, 5.74) is 3.07. The number of carbonyl (C=O) groups excluding carboxylic acids is 1. The average molecular weight is 500 g/mol. The van der Waals surface area contributed by atoms with Crippen molar-refractivity contribution in [1.29, 1.82) is 0 Å². The molecule has 0 radical (unpaired) electrons. The predicted molar refractivity (Wildman–Crippen MR) is 117 cm³/mol. The molecule has 4 rings (SSSR count). The number of ether oxygens (including phenoxy) is 1. The van der Waals surface area contributed by atoms with Gasteiger partial charge in [-0.2, -0.15) is 18.3 Å². The summed E-state index contributed by atoms with van der Waals surface area (Å²) in [4.78, 5) is 20.0. The number of anilines is 2. The minimum atomic E-state index is -5.10. The van der Waals surface area contributed by atoms with Gasteiger partial charge >= 0.3 is 6.18 Å². The lowest BCUT2D eigenvalue weighted by Gasteiger charge is -2.13. The molecule has 0 aliphatic rings. The minimum absolute atomic E-state index is 0.00843. The Hall–Kier alpha value is -4.99. The lowest BCUT2D eigenvalue weighted by Crippen LogP contribution is -2.21. The van der Waals surface area contributed by atoms with E-state index in [1.54, 1.807) is 0 Å². The van der Waals surface area contributed by atoms with Crippen molar-refractivity contribution in [2.45, 2.75) is 6.18 Å². The monoisotopic (exact) mass is 500 g/mol. The van der Waals surface area contributed by atoms with Crippen LogP contribution >= 0.6 is 0 Å². The normalized spacial score (nSPS) is 11.1. The van der Waals surface area contributed by atoms with Gasteiger partial charge in [0.25, 0.3) is 5.91 Å². The summed E-state index contributed by atoms with van der Waals surface area (Å²) in [5.74, 6) is -2.06. The fourth-order valence-electron chi connectivity index (χ4n) is 3.15. The number of nitrogens with zero attached hydrogens (tertiary/aromatic N) is 4. The maximum Gasteiger partial charge on any atom is 0.434 e. The molecule has 0 aliphatic heterocycles. The van der Waals surface area contributed by atoms with E-state index in [-0.39, 0.29) is 33.2 Å². The van der Waals surface area contributed by atoms with Gasteiger partial charge in [0.05, 0.1) is 11.8 Å². The largest absolute Gasteiger partial charge is 0.453 e. The number of terminal acetylenes is 1. The second-order valence-corrected chi connectivity index (χ2v) is 7.04. The van der Waals surface area contributed by atoms with Gasteiger partial charge in [-0.3, -0.25) is 4.79 Å². The number of carbonyl (C=O) groups is 1. The first-order valence-corrected chi connectivity index (χ1v) is 9.86. The van der Waals surface area contributed by atoms with Gasteiger partial charge in [0.1, 0.15) is 17.1 Å². The summed E-state index contributed by atoms with van der Waals surface area (Å²) in [7, 11) is 0. The molecule has 0 aliphatic carbocycles. The Bertz CT molecular complexity index is 1510. The highest BCUT2D eigenvalue weighted by molar-refractivity contribution is 6.05. The van der Waals surface area contributed by atoms with Crippen LogP contribution in [0.15, 0.2) is 55.0 Å². The number of hydrogen-bond acceptors (Lipinski definition) is 6. The molecule has 3 heterocycles. The maximum atomic E-state index is 14.6. The second-order valence-electron chi connectivity index (χ2n) is 7.04. The summed E-state index contributed by atoms with van der Waals surface area (Å²) in [6.07, 6.45) is 3.24. The van der Waals surface area contributed by atoms with Gasteiger partial charge in [-0.25, -0.2) is 23.4 Å². The summed E-state index contributed by atoms with van der Waals surface area (Å²) >= 11 is 0. The molecule has 1 aromatic carbocycles. The molecule has 0 saturated carbocycles. The van der Waals surface area contributed by atoms with Crippen LogP contribution in [0.5, 0.6) is 11.5 Å². The van der Waals surface area contributed by atoms with E-state index in [2.05, 4.69) is 26.3 Å². The first-order valence-electron chi connectivity index (χ1n) is 9.86. The second kappa shape index (κ2) is 9.34. The lowest BCUT2D eigenvalue weighted by atomic mass is 10.2. The van der Waals surface area contributed by atoms with Gasteiger partial charge < -0.3 is 15.8 Å². The van der Waals surface area contributed by atoms with Gasteiger partial charge in [0.2, 0.25) is 0 Å². The van der Waals surface area contributed by atoms with Crippen molar-refractivity contribution in [2.75, 3.05) is 11.1 Å². The Morgan fingerprint density at radius 3 is 2.53 bits per heavy atom. The van der Waals surface area contributed by atoms with Crippen LogP contribution in [0.4, 0.5) is 33.5 Å². The van der Waals surface area contributed by atoms with Gasteiger partial charge in [-0.15, -0.1) is 6.42 Å². The highest BCUT2D eigenvalue weighted by Gasteiger charge is 2.41. The summed E-state index contributed by atoms with van der Waals surface area (Å²) in [6, 6.07) is 6.57. The van der Waals surface area contributed by atoms with E-state index >= 15 is 0 Å². The molecular formula is C23H13F5N6O2. The highest BCUT2D eigenvalue weighted by Crippen LogP contribution is 2.35. The molecule has 8 nitrogen and oxygen atoms in total. The van der Waals surface area contributed by atoms with Crippen LogP contribution in [0, 0.1) is 24.0 Å². The number of aromatic nitrogens is 4. The van der Waals surface area contributed by atoms with E-state index in [4.69, 9.17) is 16.9 Å². The van der Waals surface area contributed by atoms with Gasteiger partial charge in [-0.05, 0) is 24.3 Å². The third-order valence-electron chi connectivity index (χ3n) is 4.72. The van der Waals surface area contributed by atoms with Crippen molar-refractivity contribution in [3.05, 3.63) is 83.4 Å². The number of rotatable bonds is 5. The van der Waals surface area contributed by atoms with E-state index in [0.717, 1.165) is 24.4 Å². The van der Waals surface area contributed by atoms with Crippen molar-refractivity contribution < 1.29 is 31.5 Å². The number of halogens is 5. The number of nitrogens with two attached hydrogens (primary N) is 1. The number of nitrogens with one attached hydrogen (secondary N) is 1. The van der Waals surface area contributed by atoms with Crippen LogP contribution in [0.1, 0.15) is 21.6 Å². The number of benzene rings is 1. The molecule has 0 saturated heterocycles. The summed E-state index contributed by atoms with van der Waals surface area (Å²) in [6.45, 7) is 0. The lowest BCUT2D eigenvalue weighted by molar-refractivity contribution is -0.143.